The summed E-state index contributed by atoms with van der Waals surface area (Å²) in [7, 11) is 0. The fourth-order valence-electron chi connectivity index (χ4n) is 2.54. The standard InChI is InChI=1S/C17H18FN3O3/c18-14-9-21(10-15(14)22)17(23)12-2-1-3-13(7-12)24-16-6-11(8-19)4-5-20-16/h1-7,14-15,22H,8-10,19H2/t14-,15-/m0/s1. The number of nitrogens with two attached hydrogens (primary N) is 1. The number of carbonyl (C=O) groups excluding carboxylic acids is 1. The van der Waals surface area contributed by atoms with E-state index in [4.69, 9.17) is 10.5 Å². The van der Waals surface area contributed by atoms with Gasteiger partial charge in [0.05, 0.1) is 6.54 Å². The Morgan fingerprint density at radius 2 is 2.21 bits per heavy atom. The van der Waals surface area contributed by atoms with Crippen LogP contribution in [0.2, 0.25) is 0 Å². The number of hydrogen-bond acceptors (Lipinski definition) is 5. The van der Waals surface area contributed by atoms with Crippen molar-refractivity contribution in [2.45, 2.75) is 18.8 Å². The molecule has 24 heavy (non-hydrogen) atoms. The van der Waals surface area contributed by atoms with Gasteiger partial charge in [-0.2, -0.15) is 0 Å². The molecule has 1 fully saturated rings. The van der Waals surface area contributed by atoms with E-state index in [1.807, 2.05) is 0 Å². The average molecular weight is 331 g/mol. The van der Waals surface area contributed by atoms with Gasteiger partial charge in [-0.3, -0.25) is 4.79 Å². The lowest BCUT2D eigenvalue weighted by atomic mass is 10.2. The van der Waals surface area contributed by atoms with E-state index < -0.39 is 12.3 Å². The number of hydrogen-bond donors (Lipinski definition) is 2. The lowest BCUT2D eigenvalue weighted by molar-refractivity contribution is 0.0764. The number of aliphatic hydroxyl groups excluding tert-OH is 1. The number of aromatic nitrogens is 1. The number of ether oxygens (including phenoxy) is 1. The highest BCUT2D eigenvalue weighted by Gasteiger charge is 2.34. The zero-order valence-corrected chi connectivity index (χ0v) is 12.9. The number of rotatable bonds is 4. The quantitative estimate of drug-likeness (QED) is 0.886. The molecule has 0 spiro atoms. The Morgan fingerprint density at radius 1 is 1.38 bits per heavy atom. The molecule has 2 atom stereocenters. The first kappa shape index (κ1) is 16.4. The van der Waals surface area contributed by atoms with Crippen molar-refractivity contribution in [3.63, 3.8) is 0 Å². The van der Waals surface area contributed by atoms with Crippen LogP contribution in [0.5, 0.6) is 11.6 Å². The first-order chi connectivity index (χ1) is 11.6. The smallest absolute Gasteiger partial charge is 0.254 e. The number of aliphatic hydroxyl groups is 1. The van der Waals surface area contributed by atoms with Gasteiger partial charge in [0.1, 0.15) is 18.0 Å². The second-order valence-corrected chi connectivity index (χ2v) is 5.63. The van der Waals surface area contributed by atoms with Crippen molar-refractivity contribution in [1.82, 2.24) is 9.88 Å². The Morgan fingerprint density at radius 3 is 2.92 bits per heavy atom. The van der Waals surface area contributed by atoms with Crippen LogP contribution >= 0.6 is 0 Å². The Labute approximate surface area is 138 Å². The van der Waals surface area contributed by atoms with Crippen LogP contribution in [0.25, 0.3) is 0 Å². The number of halogens is 1. The van der Waals surface area contributed by atoms with Gasteiger partial charge in [-0.05, 0) is 29.8 Å². The zero-order chi connectivity index (χ0) is 17.1. The van der Waals surface area contributed by atoms with Gasteiger partial charge in [0.15, 0.2) is 0 Å². The summed E-state index contributed by atoms with van der Waals surface area (Å²) in [5.74, 6) is 0.477. The van der Waals surface area contributed by atoms with E-state index in [-0.39, 0.29) is 19.0 Å². The lowest BCUT2D eigenvalue weighted by Crippen LogP contribution is -2.29. The number of amides is 1. The minimum Gasteiger partial charge on any atom is -0.439 e. The number of benzene rings is 1. The van der Waals surface area contributed by atoms with Gasteiger partial charge in [-0.1, -0.05) is 6.07 Å². The number of pyridine rings is 1. The molecule has 1 aromatic carbocycles. The molecule has 126 valence electrons. The molecule has 1 aromatic heterocycles. The van der Waals surface area contributed by atoms with Gasteiger partial charge in [-0.25, -0.2) is 9.37 Å². The second-order valence-electron chi connectivity index (χ2n) is 5.63. The van der Waals surface area contributed by atoms with E-state index in [1.165, 1.54) is 4.90 Å². The third-order valence-corrected chi connectivity index (χ3v) is 3.85. The molecule has 0 aliphatic carbocycles. The summed E-state index contributed by atoms with van der Waals surface area (Å²) in [4.78, 5) is 17.8. The van der Waals surface area contributed by atoms with E-state index in [9.17, 15) is 14.3 Å². The molecule has 3 rings (SSSR count). The Kier molecular flexibility index (Phi) is 4.73. The number of likely N-dealkylation sites (tertiary alicyclic amines) is 1. The highest BCUT2D eigenvalue weighted by molar-refractivity contribution is 5.94. The predicted molar refractivity (Wildman–Crippen MR) is 85.5 cm³/mol. The van der Waals surface area contributed by atoms with Gasteiger partial charge >= 0.3 is 0 Å². The summed E-state index contributed by atoms with van der Waals surface area (Å²) >= 11 is 0. The van der Waals surface area contributed by atoms with E-state index >= 15 is 0 Å². The third kappa shape index (κ3) is 3.52. The van der Waals surface area contributed by atoms with Crippen LogP contribution in [-0.2, 0) is 6.54 Å². The monoisotopic (exact) mass is 331 g/mol. The number of β-amino-alcohol motifs (C(OH)–C–C–N with tert-alkyl or cyclic N) is 1. The van der Waals surface area contributed by atoms with Crippen LogP contribution < -0.4 is 10.5 Å². The molecular formula is C17H18FN3O3. The number of nitrogens with zero attached hydrogens (tertiary/aromatic N) is 2. The maximum Gasteiger partial charge on any atom is 0.254 e. The van der Waals surface area contributed by atoms with Crippen molar-refractivity contribution in [3.05, 3.63) is 53.7 Å². The summed E-state index contributed by atoms with van der Waals surface area (Å²) in [6.45, 7) is 0.259. The lowest BCUT2D eigenvalue weighted by Gasteiger charge is -2.15. The molecule has 1 saturated heterocycles. The van der Waals surface area contributed by atoms with Gasteiger partial charge < -0.3 is 20.5 Å². The summed E-state index contributed by atoms with van der Waals surface area (Å²) in [5, 5.41) is 9.45. The van der Waals surface area contributed by atoms with Crippen LogP contribution in [0.15, 0.2) is 42.6 Å². The molecule has 2 heterocycles. The van der Waals surface area contributed by atoms with Crippen LogP contribution in [-0.4, -0.2) is 46.3 Å². The van der Waals surface area contributed by atoms with Crippen LogP contribution in [0.3, 0.4) is 0 Å². The average Bonchev–Trinajstić information content (AvgIpc) is 2.93. The summed E-state index contributed by atoms with van der Waals surface area (Å²) in [6, 6.07) is 10.1. The highest BCUT2D eigenvalue weighted by atomic mass is 19.1. The van der Waals surface area contributed by atoms with E-state index in [0.29, 0.717) is 23.7 Å². The van der Waals surface area contributed by atoms with Gasteiger partial charge in [-0.15, -0.1) is 0 Å². The number of carbonyl (C=O) groups is 1. The molecule has 0 unspecified atom stereocenters. The summed E-state index contributed by atoms with van der Waals surface area (Å²) in [6.07, 6.45) is -0.937. The zero-order valence-electron chi connectivity index (χ0n) is 12.9. The van der Waals surface area contributed by atoms with Crippen LogP contribution in [0.4, 0.5) is 4.39 Å². The molecule has 7 heteroatoms. The second kappa shape index (κ2) is 6.94. The first-order valence-corrected chi connectivity index (χ1v) is 7.61. The van der Waals surface area contributed by atoms with Gasteiger partial charge in [0, 0.05) is 30.9 Å². The molecule has 1 aliphatic heterocycles. The van der Waals surface area contributed by atoms with Crippen molar-refractivity contribution in [2.75, 3.05) is 13.1 Å². The minimum absolute atomic E-state index is 0.00874. The van der Waals surface area contributed by atoms with Crippen molar-refractivity contribution in [3.8, 4) is 11.6 Å². The maximum atomic E-state index is 13.4. The molecule has 6 nitrogen and oxygen atoms in total. The van der Waals surface area contributed by atoms with Crippen LogP contribution in [0.1, 0.15) is 15.9 Å². The molecule has 0 radical (unpaired) electrons. The van der Waals surface area contributed by atoms with Crippen molar-refractivity contribution in [2.24, 2.45) is 5.73 Å². The minimum atomic E-state index is -1.41. The topological polar surface area (TPSA) is 88.7 Å². The summed E-state index contributed by atoms with van der Waals surface area (Å²) in [5.41, 5.74) is 6.83. The molecule has 2 aromatic rings. The fraction of sp³-hybridized carbons (Fsp3) is 0.294. The highest BCUT2D eigenvalue weighted by Crippen LogP contribution is 2.23. The Balaban J connectivity index is 1.75. The summed E-state index contributed by atoms with van der Waals surface area (Å²) < 4.78 is 19.1. The SMILES string of the molecule is NCc1ccnc(Oc2cccc(C(=O)N3C[C@H](O)[C@@H](F)C3)c2)c1. The predicted octanol–water partition coefficient (Wildman–Crippen LogP) is 1.49. The molecular weight excluding hydrogens is 313 g/mol. The first-order valence-electron chi connectivity index (χ1n) is 7.61. The molecule has 0 bridgehead atoms. The maximum absolute atomic E-state index is 13.4. The van der Waals surface area contributed by atoms with Crippen LogP contribution in [0, 0.1) is 0 Å². The molecule has 0 saturated carbocycles. The number of alkyl halides is 1. The van der Waals surface area contributed by atoms with Crippen molar-refractivity contribution < 1.29 is 19.0 Å². The Hall–Kier alpha value is -2.51. The van der Waals surface area contributed by atoms with Gasteiger partial charge in [0.25, 0.3) is 5.91 Å². The van der Waals surface area contributed by atoms with E-state index in [1.54, 1.807) is 42.6 Å². The molecule has 3 N–H and O–H groups in total. The van der Waals surface area contributed by atoms with Gasteiger partial charge in [0.2, 0.25) is 5.88 Å². The van der Waals surface area contributed by atoms with E-state index in [2.05, 4.69) is 4.98 Å². The fourth-order valence-corrected chi connectivity index (χ4v) is 2.54. The Bertz CT molecular complexity index is 731. The third-order valence-electron chi connectivity index (χ3n) is 3.85. The largest absolute Gasteiger partial charge is 0.439 e. The van der Waals surface area contributed by atoms with E-state index in [0.717, 1.165) is 5.56 Å². The normalized spacial score (nSPS) is 20.2. The molecule has 1 aliphatic rings. The van der Waals surface area contributed by atoms with Crippen molar-refractivity contribution >= 4 is 5.91 Å². The molecule has 1 amide bonds. The van der Waals surface area contributed by atoms with Crippen molar-refractivity contribution in [1.29, 1.82) is 0 Å².